The molecule has 106 valence electrons. The van der Waals surface area contributed by atoms with Gasteiger partial charge in [-0.2, -0.15) is 0 Å². The summed E-state index contributed by atoms with van der Waals surface area (Å²) in [7, 11) is 0. The van der Waals surface area contributed by atoms with E-state index in [1.807, 2.05) is 24.3 Å². The first kappa shape index (κ1) is 14.3. The van der Waals surface area contributed by atoms with Crippen LogP contribution in [0.15, 0.2) is 28.7 Å². The van der Waals surface area contributed by atoms with Gasteiger partial charge in [-0.1, -0.05) is 45.0 Å². The molecule has 0 unspecified atom stereocenters. The molecular formula is C16H19NO3. The van der Waals surface area contributed by atoms with Crippen LogP contribution in [0.2, 0.25) is 0 Å². The summed E-state index contributed by atoms with van der Waals surface area (Å²) in [6.45, 7) is 8.17. The van der Waals surface area contributed by atoms with Gasteiger partial charge in [-0.3, -0.25) is 4.79 Å². The molecule has 0 aliphatic carbocycles. The summed E-state index contributed by atoms with van der Waals surface area (Å²) < 4.78 is 5.39. The molecule has 0 atom stereocenters. The Hall–Kier alpha value is -2.10. The van der Waals surface area contributed by atoms with E-state index in [4.69, 9.17) is 9.52 Å². The van der Waals surface area contributed by atoms with E-state index in [0.717, 1.165) is 5.56 Å². The Morgan fingerprint density at radius 1 is 1.25 bits per heavy atom. The number of oxazole rings is 1. The van der Waals surface area contributed by atoms with E-state index in [2.05, 4.69) is 25.8 Å². The Morgan fingerprint density at radius 2 is 1.85 bits per heavy atom. The molecule has 0 amide bonds. The van der Waals surface area contributed by atoms with Crippen molar-refractivity contribution in [1.82, 2.24) is 4.98 Å². The van der Waals surface area contributed by atoms with Gasteiger partial charge in [0.2, 0.25) is 0 Å². The van der Waals surface area contributed by atoms with Crippen molar-refractivity contribution in [2.45, 2.75) is 39.5 Å². The summed E-state index contributed by atoms with van der Waals surface area (Å²) in [6, 6.07) is 8.01. The van der Waals surface area contributed by atoms with E-state index >= 15 is 0 Å². The van der Waals surface area contributed by atoms with Crippen LogP contribution in [0.25, 0.3) is 11.3 Å². The number of rotatable bonds is 3. The van der Waals surface area contributed by atoms with Crippen LogP contribution < -0.4 is 0 Å². The third-order valence-corrected chi connectivity index (χ3v) is 3.14. The highest BCUT2D eigenvalue weighted by molar-refractivity contribution is 5.73. The van der Waals surface area contributed by atoms with Gasteiger partial charge in [0.25, 0.3) is 0 Å². The van der Waals surface area contributed by atoms with Crippen LogP contribution in [0, 0.1) is 6.92 Å². The highest BCUT2D eigenvalue weighted by Gasteiger charge is 2.17. The second kappa shape index (κ2) is 5.12. The summed E-state index contributed by atoms with van der Waals surface area (Å²) in [5, 5.41) is 8.91. The Morgan fingerprint density at radius 3 is 2.35 bits per heavy atom. The predicted molar refractivity (Wildman–Crippen MR) is 76.7 cm³/mol. The van der Waals surface area contributed by atoms with E-state index < -0.39 is 5.97 Å². The molecule has 4 heteroatoms. The van der Waals surface area contributed by atoms with Crippen molar-refractivity contribution in [3.05, 3.63) is 41.5 Å². The molecule has 4 nitrogen and oxygen atoms in total. The molecule has 2 aromatic rings. The van der Waals surface area contributed by atoms with Crippen molar-refractivity contribution in [3.8, 4) is 11.3 Å². The fourth-order valence-corrected chi connectivity index (χ4v) is 2.08. The molecule has 2 rings (SSSR count). The lowest BCUT2D eigenvalue weighted by atomic mass is 9.86. The van der Waals surface area contributed by atoms with E-state index in [-0.39, 0.29) is 11.8 Å². The van der Waals surface area contributed by atoms with Gasteiger partial charge >= 0.3 is 5.97 Å². The number of benzene rings is 1. The molecule has 1 N–H and O–H groups in total. The first-order chi connectivity index (χ1) is 9.27. The molecular weight excluding hydrogens is 254 g/mol. The van der Waals surface area contributed by atoms with Gasteiger partial charge in [0, 0.05) is 12.5 Å². The molecule has 0 saturated carbocycles. The largest absolute Gasteiger partial charge is 0.481 e. The van der Waals surface area contributed by atoms with Crippen LogP contribution >= 0.6 is 0 Å². The molecule has 0 spiro atoms. The normalized spacial score (nSPS) is 11.6. The molecule has 1 aromatic carbocycles. The SMILES string of the molecule is Cc1nc(-c2ccc(C(C)(C)C)cc2)c(CC(=O)O)o1. The molecule has 0 radical (unpaired) electrons. The van der Waals surface area contributed by atoms with Gasteiger partial charge in [0.1, 0.15) is 17.9 Å². The van der Waals surface area contributed by atoms with Crippen molar-refractivity contribution in [1.29, 1.82) is 0 Å². The lowest BCUT2D eigenvalue weighted by Crippen LogP contribution is -2.10. The molecule has 0 aliphatic heterocycles. The number of carbonyl (C=O) groups is 1. The van der Waals surface area contributed by atoms with Crippen molar-refractivity contribution < 1.29 is 14.3 Å². The summed E-state index contributed by atoms with van der Waals surface area (Å²) in [5.74, 6) is -0.0385. The summed E-state index contributed by atoms with van der Waals surface area (Å²) in [4.78, 5) is 15.2. The molecule has 0 bridgehead atoms. The Balaban J connectivity index is 2.39. The third kappa shape index (κ3) is 3.07. The first-order valence-corrected chi connectivity index (χ1v) is 6.56. The van der Waals surface area contributed by atoms with Gasteiger partial charge in [0.05, 0.1) is 0 Å². The second-order valence-electron chi connectivity index (χ2n) is 5.90. The van der Waals surface area contributed by atoms with Gasteiger partial charge in [-0.05, 0) is 11.0 Å². The maximum absolute atomic E-state index is 10.9. The van der Waals surface area contributed by atoms with E-state index in [9.17, 15) is 4.79 Å². The molecule has 0 aliphatic rings. The minimum atomic E-state index is -0.922. The lowest BCUT2D eigenvalue weighted by Gasteiger charge is -2.18. The third-order valence-electron chi connectivity index (χ3n) is 3.14. The van der Waals surface area contributed by atoms with E-state index in [0.29, 0.717) is 17.3 Å². The number of nitrogens with zero attached hydrogens (tertiary/aromatic N) is 1. The van der Waals surface area contributed by atoms with Gasteiger partial charge < -0.3 is 9.52 Å². The predicted octanol–water partition coefficient (Wildman–Crippen LogP) is 3.57. The number of aliphatic carboxylic acids is 1. The van der Waals surface area contributed by atoms with Crippen LogP contribution in [-0.2, 0) is 16.6 Å². The van der Waals surface area contributed by atoms with Crippen molar-refractivity contribution >= 4 is 5.97 Å². The van der Waals surface area contributed by atoms with Gasteiger partial charge in [-0.15, -0.1) is 0 Å². The van der Waals surface area contributed by atoms with Crippen LogP contribution in [0.5, 0.6) is 0 Å². The number of hydrogen-bond donors (Lipinski definition) is 1. The zero-order valence-corrected chi connectivity index (χ0v) is 12.2. The minimum absolute atomic E-state index is 0.0855. The second-order valence-corrected chi connectivity index (χ2v) is 5.90. The Kier molecular flexibility index (Phi) is 3.66. The summed E-state index contributed by atoms with van der Waals surface area (Å²) in [6.07, 6.45) is -0.156. The lowest BCUT2D eigenvalue weighted by molar-refractivity contribution is -0.136. The van der Waals surface area contributed by atoms with Crippen molar-refractivity contribution in [3.63, 3.8) is 0 Å². The van der Waals surface area contributed by atoms with Gasteiger partial charge in [-0.25, -0.2) is 4.98 Å². The topological polar surface area (TPSA) is 63.3 Å². The summed E-state index contributed by atoms with van der Waals surface area (Å²) >= 11 is 0. The van der Waals surface area contributed by atoms with Crippen LogP contribution in [0.3, 0.4) is 0 Å². The Labute approximate surface area is 118 Å². The zero-order chi connectivity index (χ0) is 14.9. The van der Waals surface area contributed by atoms with Crippen molar-refractivity contribution in [2.75, 3.05) is 0 Å². The number of hydrogen-bond acceptors (Lipinski definition) is 3. The highest BCUT2D eigenvalue weighted by Crippen LogP contribution is 2.28. The van der Waals surface area contributed by atoms with Crippen LogP contribution in [0.4, 0.5) is 0 Å². The average Bonchev–Trinajstić information content (AvgIpc) is 2.68. The highest BCUT2D eigenvalue weighted by atomic mass is 16.4. The quantitative estimate of drug-likeness (QED) is 0.928. The number of carboxylic acid groups (broad SMARTS) is 1. The maximum Gasteiger partial charge on any atom is 0.311 e. The van der Waals surface area contributed by atoms with E-state index in [1.165, 1.54) is 5.56 Å². The Bertz CT molecular complexity index is 618. The molecule has 20 heavy (non-hydrogen) atoms. The monoisotopic (exact) mass is 273 g/mol. The van der Waals surface area contributed by atoms with E-state index in [1.54, 1.807) is 6.92 Å². The number of aryl methyl sites for hydroxylation is 1. The zero-order valence-electron chi connectivity index (χ0n) is 12.2. The maximum atomic E-state index is 10.9. The van der Waals surface area contributed by atoms with Crippen molar-refractivity contribution in [2.24, 2.45) is 0 Å². The molecule has 1 heterocycles. The van der Waals surface area contributed by atoms with Crippen LogP contribution in [-0.4, -0.2) is 16.1 Å². The molecule has 0 fully saturated rings. The average molecular weight is 273 g/mol. The minimum Gasteiger partial charge on any atom is -0.481 e. The van der Waals surface area contributed by atoms with Gasteiger partial charge in [0.15, 0.2) is 5.89 Å². The molecule has 1 aromatic heterocycles. The fourth-order valence-electron chi connectivity index (χ4n) is 2.08. The smallest absolute Gasteiger partial charge is 0.311 e. The van der Waals surface area contributed by atoms with Crippen LogP contribution in [0.1, 0.15) is 38.0 Å². The molecule has 0 saturated heterocycles. The number of aromatic nitrogens is 1. The first-order valence-electron chi connectivity index (χ1n) is 6.56. The fraction of sp³-hybridized carbons (Fsp3) is 0.375. The summed E-state index contributed by atoms with van der Waals surface area (Å²) in [5.41, 5.74) is 2.81. The standard InChI is InChI=1S/C16H19NO3/c1-10-17-15(13(20-10)9-14(18)19)11-5-7-12(8-6-11)16(2,3)4/h5-8H,9H2,1-4H3,(H,18,19). The number of carboxylic acids is 1.